The fourth-order valence-corrected chi connectivity index (χ4v) is 3.55. The smallest absolute Gasteiger partial charge is 0.261 e. The van der Waals surface area contributed by atoms with E-state index in [0.717, 1.165) is 4.47 Å². The molecule has 0 fully saturated rings. The van der Waals surface area contributed by atoms with Crippen molar-refractivity contribution in [2.75, 3.05) is 17.9 Å². The lowest BCUT2D eigenvalue weighted by Crippen LogP contribution is -2.17. The standard InChI is InChI=1S/C14H11BrClNO4S/c15-9-1-3-10(4-2-9)22(18,19)17-12-8-14-13(7-11(12)16)20-5-6-21-14/h1-4,7-8,17H,5-6H2. The van der Waals surface area contributed by atoms with Crippen molar-refractivity contribution in [3.05, 3.63) is 45.9 Å². The van der Waals surface area contributed by atoms with Gasteiger partial charge in [0, 0.05) is 16.6 Å². The monoisotopic (exact) mass is 403 g/mol. The van der Waals surface area contributed by atoms with Gasteiger partial charge in [-0.15, -0.1) is 0 Å². The van der Waals surface area contributed by atoms with Gasteiger partial charge >= 0.3 is 0 Å². The minimum absolute atomic E-state index is 0.140. The van der Waals surface area contributed by atoms with E-state index in [-0.39, 0.29) is 15.6 Å². The molecule has 0 aromatic heterocycles. The first-order valence-corrected chi connectivity index (χ1v) is 8.99. The summed E-state index contributed by atoms with van der Waals surface area (Å²) in [6, 6.07) is 9.36. The van der Waals surface area contributed by atoms with Gasteiger partial charge in [-0.2, -0.15) is 0 Å². The van der Waals surface area contributed by atoms with Gasteiger partial charge in [0.1, 0.15) is 13.2 Å². The first-order chi connectivity index (χ1) is 10.5. The number of fused-ring (bicyclic) bond motifs is 1. The molecule has 8 heteroatoms. The van der Waals surface area contributed by atoms with Crippen molar-refractivity contribution in [2.24, 2.45) is 0 Å². The van der Waals surface area contributed by atoms with Crippen molar-refractivity contribution in [1.82, 2.24) is 0 Å². The molecule has 116 valence electrons. The zero-order valence-electron chi connectivity index (χ0n) is 11.2. The number of sulfonamides is 1. The molecule has 2 aromatic rings. The molecule has 2 aromatic carbocycles. The average molecular weight is 405 g/mol. The molecule has 0 saturated heterocycles. The van der Waals surface area contributed by atoms with Crippen LogP contribution in [0.1, 0.15) is 0 Å². The lowest BCUT2D eigenvalue weighted by atomic mass is 10.2. The van der Waals surface area contributed by atoms with Gasteiger partial charge in [0.15, 0.2) is 11.5 Å². The third kappa shape index (κ3) is 3.16. The van der Waals surface area contributed by atoms with Gasteiger partial charge in [-0.1, -0.05) is 27.5 Å². The summed E-state index contributed by atoms with van der Waals surface area (Å²) in [7, 11) is -3.73. The number of hydrogen-bond donors (Lipinski definition) is 1. The van der Waals surface area contributed by atoms with Gasteiger partial charge in [0.25, 0.3) is 10.0 Å². The molecule has 5 nitrogen and oxygen atoms in total. The Bertz CT molecular complexity index is 808. The summed E-state index contributed by atoms with van der Waals surface area (Å²) < 4.78 is 38.8. The summed E-state index contributed by atoms with van der Waals surface area (Å²) in [5.41, 5.74) is 0.244. The van der Waals surface area contributed by atoms with E-state index in [1.165, 1.54) is 24.3 Å². The van der Waals surface area contributed by atoms with E-state index in [1.807, 2.05) is 0 Å². The molecule has 1 N–H and O–H groups in total. The van der Waals surface area contributed by atoms with Crippen LogP contribution in [0.2, 0.25) is 5.02 Å². The van der Waals surface area contributed by atoms with Crippen molar-refractivity contribution >= 4 is 43.2 Å². The number of nitrogens with one attached hydrogen (secondary N) is 1. The van der Waals surface area contributed by atoms with Crippen LogP contribution in [0.5, 0.6) is 11.5 Å². The van der Waals surface area contributed by atoms with E-state index >= 15 is 0 Å². The molecular weight excluding hydrogens is 394 g/mol. The van der Waals surface area contributed by atoms with Crippen LogP contribution in [0, 0.1) is 0 Å². The van der Waals surface area contributed by atoms with Crippen LogP contribution in [0.3, 0.4) is 0 Å². The molecule has 0 atom stereocenters. The normalized spacial score (nSPS) is 13.7. The maximum absolute atomic E-state index is 12.4. The van der Waals surface area contributed by atoms with Gasteiger partial charge in [0.05, 0.1) is 15.6 Å². The highest BCUT2D eigenvalue weighted by atomic mass is 79.9. The lowest BCUT2D eigenvalue weighted by molar-refractivity contribution is 0.171. The Morgan fingerprint density at radius 3 is 2.27 bits per heavy atom. The molecule has 0 amide bonds. The minimum atomic E-state index is -3.73. The molecule has 1 aliphatic rings. The van der Waals surface area contributed by atoms with Crippen molar-refractivity contribution < 1.29 is 17.9 Å². The number of hydrogen-bond acceptors (Lipinski definition) is 4. The first kappa shape index (κ1) is 15.5. The molecule has 0 aliphatic carbocycles. The molecule has 3 rings (SSSR count). The summed E-state index contributed by atoms with van der Waals surface area (Å²) >= 11 is 9.37. The largest absolute Gasteiger partial charge is 0.486 e. The zero-order valence-corrected chi connectivity index (χ0v) is 14.3. The summed E-state index contributed by atoms with van der Waals surface area (Å²) in [6.07, 6.45) is 0. The molecule has 22 heavy (non-hydrogen) atoms. The highest BCUT2D eigenvalue weighted by molar-refractivity contribution is 9.10. The topological polar surface area (TPSA) is 64.6 Å². The molecule has 1 aliphatic heterocycles. The fourth-order valence-electron chi connectivity index (χ4n) is 1.96. The second kappa shape index (κ2) is 5.98. The molecule has 0 radical (unpaired) electrons. The summed E-state index contributed by atoms with van der Waals surface area (Å²) in [6.45, 7) is 0.848. The van der Waals surface area contributed by atoms with Gasteiger partial charge in [0.2, 0.25) is 0 Å². The molecular formula is C14H11BrClNO4S. The van der Waals surface area contributed by atoms with Gasteiger partial charge in [-0.3, -0.25) is 4.72 Å². The van der Waals surface area contributed by atoms with Crippen molar-refractivity contribution in [3.8, 4) is 11.5 Å². The van der Waals surface area contributed by atoms with Crippen molar-refractivity contribution in [3.63, 3.8) is 0 Å². The Morgan fingerprint density at radius 1 is 1.05 bits per heavy atom. The van der Waals surface area contributed by atoms with E-state index in [0.29, 0.717) is 24.7 Å². The second-order valence-corrected chi connectivity index (χ2v) is 7.54. The van der Waals surface area contributed by atoms with E-state index in [2.05, 4.69) is 20.7 Å². The van der Waals surface area contributed by atoms with E-state index in [1.54, 1.807) is 12.1 Å². The van der Waals surface area contributed by atoms with E-state index in [4.69, 9.17) is 21.1 Å². The number of halogens is 2. The van der Waals surface area contributed by atoms with Crippen LogP contribution < -0.4 is 14.2 Å². The van der Waals surface area contributed by atoms with Crippen LogP contribution in [0.4, 0.5) is 5.69 Å². The second-order valence-electron chi connectivity index (χ2n) is 4.54. The SMILES string of the molecule is O=S(=O)(Nc1cc2c(cc1Cl)OCCO2)c1ccc(Br)cc1. The predicted molar refractivity (Wildman–Crippen MR) is 87.4 cm³/mol. The summed E-state index contributed by atoms with van der Waals surface area (Å²) in [5.74, 6) is 0.965. The Balaban J connectivity index is 1.93. The fraction of sp³-hybridized carbons (Fsp3) is 0.143. The maximum atomic E-state index is 12.4. The molecule has 0 unspecified atom stereocenters. The lowest BCUT2D eigenvalue weighted by Gasteiger charge is -2.20. The Morgan fingerprint density at radius 2 is 1.64 bits per heavy atom. The van der Waals surface area contributed by atoms with Gasteiger partial charge < -0.3 is 9.47 Å². The van der Waals surface area contributed by atoms with Crippen molar-refractivity contribution in [2.45, 2.75) is 4.90 Å². The summed E-state index contributed by atoms with van der Waals surface area (Å²) in [4.78, 5) is 0.140. The molecule has 0 saturated carbocycles. The Kier molecular flexibility index (Phi) is 4.20. The average Bonchev–Trinajstić information content (AvgIpc) is 2.48. The number of rotatable bonds is 3. The van der Waals surface area contributed by atoms with Crippen LogP contribution in [-0.4, -0.2) is 21.6 Å². The highest BCUT2D eigenvalue weighted by Gasteiger charge is 2.20. The van der Waals surface area contributed by atoms with Crippen LogP contribution in [-0.2, 0) is 10.0 Å². The molecule has 1 heterocycles. The maximum Gasteiger partial charge on any atom is 0.261 e. The highest BCUT2D eigenvalue weighted by Crippen LogP contribution is 2.38. The number of anilines is 1. The van der Waals surface area contributed by atoms with Crippen LogP contribution >= 0.6 is 27.5 Å². The number of ether oxygens (including phenoxy) is 2. The first-order valence-electron chi connectivity index (χ1n) is 6.33. The van der Waals surface area contributed by atoms with E-state index < -0.39 is 10.0 Å². The van der Waals surface area contributed by atoms with Crippen molar-refractivity contribution in [1.29, 1.82) is 0 Å². The quantitative estimate of drug-likeness (QED) is 0.847. The third-order valence-electron chi connectivity index (χ3n) is 3.00. The Labute approximate surface area is 141 Å². The van der Waals surface area contributed by atoms with Crippen LogP contribution in [0.15, 0.2) is 45.8 Å². The minimum Gasteiger partial charge on any atom is -0.486 e. The molecule has 0 spiro atoms. The predicted octanol–water partition coefficient (Wildman–Crippen LogP) is 3.67. The van der Waals surface area contributed by atoms with E-state index in [9.17, 15) is 8.42 Å². The zero-order chi connectivity index (χ0) is 15.7. The summed E-state index contributed by atoms with van der Waals surface area (Å²) in [5, 5.41) is 0.241. The van der Waals surface area contributed by atoms with Gasteiger partial charge in [-0.05, 0) is 24.3 Å². The number of benzene rings is 2. The molecule has 0 bridgehead atoms. The Hall–Kier alpha value is -1.44. The van der Waals surface area contributed by atoms with Crippen LogP contribution in [0.25, 0.3) is 0 Å². The van der Waals surface area contributed by atoms with Gasteiger partial charge in [-0.25, -0.2) is 8.42 Å². The third-order valence-corrected chi connectivity index (χ3v) is 5.22.